The zero-order valence-corrected chi connectivity index (χ0v) is 41.8. The molecule has 0 unspecified atom stereocenters. The normalized spacial score (nSPS) is 12.0. The Kier molecular flexibility index (Phi) is 46.6. The highest BCUT2D eigenvalue weighted by Crippen LogP contribution is 2.18. The van der Waals surface area contributed by atoms with Crippen LogP contribution < -0.4 is 0 Å². The van der Waals surface area contributed by atoms with Gasteiger partial charge in [0.25, 0.3) is 0 Å². The molecule has 0 bridgehead atoms. The molecule has 0 spiro atoms. The third kappa shape index (κ3) is 49.3. The number of hydrogen-bond donors (Lipinski definition) is 0. The fourth-order valence-corrected chi connectivity index (χ4v) is 8.34. The molecule has 0 aliphatic carbocycles. The number of rotatable bonds is 49. The van der Waals surface area contributed by atoms with Crippen LogP contribution in [0, 0.1) is 11.8 Å². The fraction of sp³-hybridized carbons (Fsp3) is 0.945. The zero-order valence-electron chi connectivity index (χ0n) is 41.8. The summed E-state index contributed by atoms with van der Waals surface area (Å²) in [5.74, 6) is 0.841. The number of carbonyl (C=O) groups excluding carboxylic acids is 3. The van der Waals surface area contributed by atoms with Crippen molar-refractivity contribution in [3.63, 3.8) is 0 Å². The summed E-state index contributed by atoms with van der Waals surface area (Å²) in [5, 5.41) is 0. The van der Waals surface area contributed by atoms with Crippen molar-refractivity contribution >= 4 is 17.9 Å². The van der Waals surface area contributed by atoms with Crippen LogP contribution in [0.15, 0.2) is 0 Å². The summed E-state index contributed by atoms with van der Waals surface area (Å²) in [7, 11) is 0. The van der Waals surface area contributed by atoms with Gasteiger partial charge in [-0.05, 0) is 31.1 Å². The van der Waals surface area contributed by atoms with Crippen LogP contribution in [0.4, 0.5) is 0 Å². The van der Waals surface area contributed by atoms with Crippen molar-refractivity contribution in [2.75, 3.05) is 13.2 Å². The number of ether oxygens (including phenoxy) is 3. The van der Waals surface area contributed by atoms with Gasteiger partial charge in [0.05, 0.1) is 0 Å². The number of hydrogen-bond acceptors (Lipinski definition) is 6. The lowest BCUT2D eigenvalue weighted by Crippen LogP contribution is -2.30. The third-order valence-corrected chi connectivity index (χ3v) is 12.5. The average Bonchev–Trinajstić information content (AvgIpc) is 3.23. The van der Waals surface area contributed by atoms with Gasteiger partial charge >= 0.3 is 17.9 Å². The number of unbranched alkanes of at least 4 members (excludes halogenated alkanes) is 34. The fourth-order valence-electron chi connectivity index (χ4n) is 8.34. The van der Waals surface area contributed by atoms with Gasteiger partial charge < -0.3 is 14.2 Å². The van der Waals surface area contributed by atoms with Gasteiger partial charge in [-0.25, -0.2) is 0 Å². The molecule has 362 valence electrons. The summed E-state index contributed by atoms with van der Waals surface area (Å²) in [6.45, 7) is 11.4. The van der Waals surface area contributed by atoms with Crippen molar-refractivity contribution in [3.8, 4) is 0 Å². The molecule has 0 fully saturated rings. The predicted molar refractivity (Wildman–Crippen MR) is 261 cm³/mol. The molecule has 0 amide bonds. The third-order valence-electron chi connectivity index (χ3n) is 12.5. The van der Waals surface area contributed by atoms with E-state index in [0.29, 0.717) is 19.3 Å². The van der Waals surface area contributed by atoms with Gasteiger partial charge in [0.15, 0.2) is 6.10 Å². The Morgan fingerprint density at radius 2 is 0.541 bits per heavy atom. The van der Waals surface area contributed by atoms with E-state index < -0.39 is 6.10 Å². The summed E-state index contributed by atoms with van der Waals surface area (Å²) in [6, 6.07) is 0. The second kappa shape index (κ2) is 47.9. The van der Waals surface area contributed by atoms with Gasteiger partial charge in [0, 0.05) is 19.3 Å². The quantitative estimate of drug-likeness (QED) is 0.0344. The Bertz CT molecular complexity index is 931. The van der Waals surface area contributed by atoms with Crippen molar-refractivity contribution in [1.82, 2.24) is 0 Å². The molecule has 61 heavy (non-hydrogen) atoms. The minimum Gasteiger partial charge on any atom is -0.462 e. The average molecular weight is 863 g/mol. The summed E-state index contributed by atoms with van der Waals surface area (Å²) >= 11 is 0. The first-order valence-corrected chi connectivity index (χ1v) is 27.2. The van der Waals surface area contributed by atoms with Crippen LogP contribution in [0.5, 0.6) is 0 Å². The van der Waals surface area contributed by atoms with Crippen molar-refractivity contribution in [3.05, 3.63) is 0 Å². The largest absolute Gasteiger partial charge is 0.462 e. The molecule has 0 aromatic heterocycles. The number of esters is 3. The van der Waals surface area contributed by atoms with Crippen molar-refractivity contribution in [1.29, 1.82) is 0 Å². The molecule has 0 N–H and O–H groups in total. The van der Waals surface area contributed by atoms with E-state index in [4.69, 9.17) is 14.2 Å². The second-order valence-electron chi connectivity index (χ2n) is 19.8. The molecule has 0 radical (unpaired) electrons. The van der Waals surface area contributed by atoms with Crippen molar-refractivity contribution < 1.29 is 28.6 Å². The van der Waals surface area contributed by atoms with E-state index in [-0.39, 0.29) is 31.1 Å². The smallest absolute Gasteiger partial charge is 0.306 e. The van der Waals surface area contributed by atoms with Gasteiger partial charge in [0.1, 0.15) is 13.2 Å². The molecule has 0 aromatic rings. The molecular formula is C55H106O6. The molecule has 1 atom stereocenters. The predicted octanol–water partition coefficient (Wildman–Crippen LogP) is 17.7. The van der Waals surface area contributed by atoms with E-state index in [0.717, 1.165) is 69.6 Å². The maximum atomic E-state index is 12.7. The van der Waals surface area contributed by atoms with Gasteiger partial charge in [-0.15, -0.1) is 0 Å². The molecule has 0 aliphatic rings. The Balaban J connectivity index is 4.10. The van der Waals surface area contributed by atoms with Crippen molar-refractivity contribution in [2.45, 2.75) is 310 Å². The molecule has 0 heterocycles. The van der Waals surface area contributed by atoms with E-state index >= 15 is 0 Å². The van der Waals surface area contributed by atoms with Crippen LogP contribution in [0.1, 0.15) is 304 Å². The van der Waals surface area contributed by atoms with Crippen LogP contribution in [0.3, 0.4) is 0 Å². The second-order valence-corrected chi connectivity index (χ2v) is 19.8. The zero-order chi connectivity index (χ0) is 44.7. The lowest BCUT2D eigenvalue weighted by Gasteiger charge is -2.18. The molecule has 6 nitrogen and oxygen atoms in total. The molecule has 0 aliphatic heterocycles. The first kappa shape index (κ1) is 59.4. The minimum absolute atomic E-state index is 0.0638. The lowest BCUT2D eigenvalue weighted by molar-refractivity contribution is -0.167. The van der Waals surface area contributed by atoms with E-state index in [1.807, 2.05) is 0 Å². The summed E-state index contributed by atoms with van der Waals surface area (Å²) in [5.41, 5.74) is 0. The maximum Gasteiger partial charge on any atom is 0.306 e. The molecule has 6 heteroatoms. The Hall–Kier alpha value is -1.59. The van der Waals surface area contributed by atoms with Crippen LogP contribution in [-0.4, -0.2) is 37.2 Å². The molecule has 0 saturated carbocycles. The van der Waals surface area contributed by atoms with Gasteiger partial charge in [0.2, 0.25) is 0 Å². The monoisotopic (exact) mass is 863 g/mol. The number of carbonyl (C=O) groups is 3. The van der Waals surface area contributed by atoms with E-state index in [2.05, 4.69) is 34.6 Å². The lowest BCUT2D eigenvalue weighted by atomic mass is 10.0. The minimum atomic E-state index is -0.760. The van der Waals surface area contributed by atoms with E-state index in [9.17, 15) is 14.4 Å². The van der Waals surface area contributed by atoms with Crippen LogP contribution in [0.25, 0.3) is 0 Å². The Labute approximate surface area is 380 Å². The van der Waals surface area contributed by atoms with Crippen LogP contribution >= 0.6 is 0 Å². The molecule has 0 rings (SSSR count). The molecule has 0 saturated heterocycles. The summed E-state index contributed by atoms with van der Waals surface area (Å²) in [6.07, 6.45) is 49.7. The van der Waals surface area contributed by atoms with Gasteiger partial charge in [-0.1, -0.05) is 266 Å². The molecule has 0 aromatic carbocycles. The standard InChI is InChI=1S/C55H106O6/c1-6-7-8-9-28-37-42-47-55(58)61-52(49-60-54(57)46-41-36-32-27-23-19-18-21-25-30-34-39-44-51(4)5)48-59-53(56)45-40-35-31-26-22-17-15-13-11-10-12-14-16-20-24-29-33-38-43-50(2)3/h50-52H,6-49H2,1-5H3/t52-/m0/s1. The Morgan fingerprint density at radius 3 is 0.803 bits per heavy atom. The molecular weight excluding hydrogens is 757 g/mol. The van der Waals surface area contributed by atoms with E-state index in [1.54, 1.807) is 0 Å². The van der Waals surface area contributed by atoms with Crippen LogP contribution in [0.2, 0.25) is 0 Å². The summed E-state index contributed by atoms with van der Waals surface area (Å²) in [4.78, 5) is 37.8. The Morgan fingerprint density at radius 1 is 0.311 bits per heavy atom. The van der Waals surface area contributed by atoms with Gasteiger partial charge in [-0.3, -0.25) is 14.4 Å². The SMILES string of the molecule is CCCCCCCCCC(=O)O[C@@H](COC(=O)CCCCCCCCCCCCCCCCCCCCC(C)C)COC(=O)CCCCCCCCCCCCCCC(C)C. The highest BCUT2D eigenvalue weighted by Gasteiger charge is 2.19. The highest BCUT2D eigenvalue weighted by atomic mass is 16.6. The topological polar surface area (TPSA) is 78.9 Å². The van der Waals surface area contributed by atoms with Crippen LogP contribution in [-0.2, 0) is 28.6 Å². The summed E-state index contributed by atoms with van der Waals surface area (Å²) < 4.78 is 16.8. The van der Waals surface area contributed by atoms with Crippen molar-refractivity contribution in [2.24, 2.45) is 11.8 Å². The first-order valence-electron chi connectivity index (χ1n) is 27.2. The highest BCUT2D eigenvalue weighted by molar-refractivity contribution is 5.71. The maximum absolute atomic E-state index is 12.7. The van der Waals surface area contributed by atoms with E-state index in [1.165, 1.54) is 193 Å². The first-order chi connectivity index (χ1) is 29.7. The van der Waals surface area contributed by atoms with Gasteiger partial charge in [-0.2, -0.15) is 0 Å².